The molecule has 1 aliphatic carbocycles. The van der Waals surface area contributed by atoms with Crippen molar-refractivity contribution in [3.8, 4) is 0 Å². The van der Waals surface area contributed by atoms with E-state index in [1.165, 1.54) is 0 Å². The molecule has 106 valence electrons. The second-order valence-electron chi connectivity index (χ2n) is 5.39. The Morgan fingerprint density at radius 2 is 2.05 bits per heavy atom. The molecule has 0 heterocycles. The summed E-state index contributed by atoms with van der Waals surface area (Å²) in [4.78, 5) is 0.318. The Balaban J connectivity index is 2.29. The highest BCUT2D eigenvalue weighted by Crippen LogP contribution is 2.36. The lowest BCUT2D eigenvalue weighted by atomic mass is 9.76. The third-order valence-electron chi connectivity index (χ3n) is 4.19. The lowest BCUT2D eigenvalue weighted by molar-refractivity contribution is 0.214. The average Bonchev–Trinajstić information content (AvgIpc) is 2.34. The molecule has 0 unspecified atom stereocenters. The summed E-state index contributed by atoms with van der Waals surface area (Å²) in [6.07, 6.45) is 3.79. The molecule has 0 spiro atoms. The van der Waals surface area contributed by atoms with Crippen LogP contribution in [0.25, 0.3) is 0 Å². The van der Waals surface area contributed by atoms with Crippen LogP contribution < -0.4 is 10.5 Å². The quantitative estimate of drug-likeness (QED) is 0.868. The zero-order chi connectivity index (χ0) is 14.1. The molecule has 0 bridgehead atoms. The smallest absolute Gasteiger partial charge is 0.241 e. The summed E-state index contributed by atoms with van der Waals surface area (Å²) in [5.41, 5.74) is 7.31. The molecule has 0 radical (unpaired) electrons. The first-order chi connectivity index (χ1) is 8.92. The van der Waals surface area contributed by atoms with Crippen molar-refractivity contribution in [1.29, 1.82) is 0 Å². The highest BCUT2D eigenvalue weighted by molar-refractivity contribution is 7.89. The van der Waals surface area contributed by atoms with Gasteiger partial charge in [0.1, 0.15) is 0 Å². The highest BCUT2D eigenvalue weighted by Gasteiger charge is 2.39. The first-order valence-electron chi connectivity index (χ1n) is 6.76. The molecule has 3 N–H and O–H groups in total. The van der Waals surface area contributed by atoms with E-state index in [1.54, 1.807) is 12.1 Å². The van der Waals surface area contributed by atoms with E-state index in [-0.39, 0.29) is 5.54 Å². The third-order valence-corrected chi connectivity index (χ3v) is 5.77. The van der Waals surface area contributed by atoms with Gasteiger partial charge in [-0.05, 0) is 55.9 Å². The average molecular weight is 282 g/mol. The Morgan fingerprint density at radius 1 is 1.37 bits per heavy atom. The Morgan fingerprint density at radius 3 is 2.53 bits per heavy atom. The lowest BCUT2D eigenvalue weighted by Crippen LogP contribution is -2.52. The van der Waals surface area contributed by atoms with Crippen LogP contribution in [-0.2, 0) is 16.6 Å². The topological polar surface area (TPSA) is 72.2 Å². The van der Waals surface area contributed by atoms with Gasteiger partial charge in [-0.1, -0.05) is 13.0 Å². The largest absolute Gasteiger partial charge is 0.326 e. The Bertz CT molecular complexity index is 557. The number of rotatable bonds is 5. The van der Waals surface area contributed by atoms with Gasteiger partial charge in [-0.3, -0.25) is 0 Å². The molecular formula is C14H22N2O2S. The Hall–Kier alpha value is -0.910. The van der Waals surface area contributed by atoms with Gasteiger partial charge in [0.05, 0.1) is 4.90 Å². The van der Waals surface area contributed by atoms with Crippen molar-refractivity contribution in [1.82, 2.24) is 4.72 Å². The Labute approximate surface area is 115 Å². The van der Waals surface area contributed by atoms with Crippen LogP contribution in [0.3, 0.4) is 0 Å². The summed E-state index contributed by atoms with van der Waals surface area (Å²) >= 11 is 0. The van der Waals surface area contributed by atoms with Crippen molar-refractivity contribution in [2.24, 2.45) is 5.73 Å². The van der Waals surface area contributed by atoms with Crippen molar-refractivity contribution < 1.29 is 8.42 Å². The van der Waals surface area contributed by atoms with Gasteiger partial charge in [-0.25, -0.2) is 13.1 Å². The first-order valence-corrected chi connectivity index (χ1v) is 8.24. The minimum absolute atomic E-state index is 0.230. The number of hydrogen-bond donors (Lipinski definition) is 2. The molecule has 1 aromatic carbocycles. The molecule has 0 saturated heterocycles. The number of aryl methyl sites for hydroxylation is 1. The molecule has 2 rings (SSSR count). The molecule has 1 aromatic rings. The van der Waals surface area contributed by atoms with Crippen LogP contribution in [0.2, 0.25) is 0 Å². The van der Waals surface area contributed by atoms with Crippen molar-refractivity contribution in [3.05, 3.63) is 29.3 Å². The van der Waals surface area contributed by atoms with Crippen LogP contribution in [-0.4, -0.2) is 14.0 Å². The van der Waals surface area contributed by atoms with Gasteiger partial charge in [0.15, 0.2) is 0 Å². The predicted octanol–water partition coefficient (Wildman–Crippen LogP) is 2.06. The van der Waals surface area contributed by atoms with Crippen LogP contribution in [0.15, 0.2) is 23.1 Å². The predicted molar refractivity (Wildman–Crippen MR) is 76.3 cm³/mol. The molecule has 0 aromatic heterocycles. The second-order valence-corrected chi connectivity index (χ2v) is 7.07. The minimum Gasteiger partial charge on any atom is -0.326 e. The van der Waals surface area contributed by atoms with E-state index in [9.17, 15) is 8.42 Å². The standard InChI is InChI=1S/C14H22N2O2S/c1-3-14(7-4-8-14)16-19(17,18)13-6-5-11(2)12(9-13)10-15/h5-6,9,16H,3-4,7-8,10,15H2,1-2H3. The number of nitrogens with two attached hydrogens (primary N) is 1. The third kappa shape index (κ3) is 2.83. The maximum Gasteiger partial charge on any atom is 0.241 e. The second kappa shape index (κ2) is 5.23. The van der Waals surface area contributed by atoms with Gasteiger partial charge in [0, 0.05) is 12.1 Å². The van der Waals surface area contributed by atoms with E-state index in [4.69, 9.17) is 5.73 Å². The molecule has 4 nitrogen and oxygen atoms in total. The summed E-state index contributed by atoms with van der Waals surface area (Å²) in [5.74, 6) is 0. The van der Waals surface area contributed by atoms with Gasteiger partial charge >= 0.3 is 0 Å². The van der Waals surface area contributed by atoms with E-state index in [1.807, 2.05) is 19.9 Å². The number of sulfonamides is 1. The Kier molecular flexibility index (Phi) is 3.99. The fourth-order valence-electron chi connectivity index (χ4n) is 2.51. The molecule has 19 heavy (non-hydrogen) atoms. The number of hydrogen-bond acceptors (Lipinski definition) is 3. The van der Waals surface area contributed by atoms with Crippen molar-refractivity contribution in [2.75, 3.05) is 0 Å². The SMILES string of the molecule is CCC1(NS(=O)(=O)c2ccc(C)c(CN)c2)CCC1. The molecule has 5 heteroatoms. The molecule has 0 amide bonds. The molecular weight excluding hydrogens is 260 g/mol. The van der Waals surface area contributed by atoms with Crippen LogP contribution in [0, 0.1) is 6.92 Å². The summed E-state index contributed by atoms with van der Waals surface area (Å²) in [7, 11) is -3.45. The first kappa shape index (κ1) is 14.5. The summed E-state index contributed by atoms with van der Waals surface area (Å²) in [6, 6.07) is 5.15. The van der Waals surface area contributed by atoms with E-state index >= 15 is 0 Å². The zero-order valence-corrected chi connectivity index (χ0v) is 12.4. The lowest BCUT2D eigenvalue weighted by Gasteiger charge is -2.41. The summed E-state index contributed by atoms with van der Waals surface area (Å²) in [5, 5.41) is 0. The zero-order valence-electron chi connectivity index (χ0n) is 11.6. The maximum absolute atomic E-state index is 12.4. The van der Waals surface area contributed by atoms with E-state index in [2.05, 4.69) is 4.72 Å². The molecule has 0 aliphatic heterocycles. The van der Waals surface area contributed by atoms with Gasteiger partial charge in [0.2, 0.25) is 10.0 Å². The van der Waals surface area contributed by atoms with Crippen LogP contribution in [0.5, 0.6) is 0 Å². The molecule has 1 saturated carbocycles. The fourth-order valence-corrected chi connectivity index (χ4v) is 4.09. The fraction of sp³-hybridized carbons (Fsp3) is 0.571. The van der Waals surface area contributed by atoms with Crippen molar-refractivity contribution in [3.63, 3.8) is 0 Å². The monoisotopic (exact) mass is 282 g/mol. The molecule has 1 aliphatic rings. The van der Waals surface area contributed by atoms with Crippen molar-refractivity contribution >= 4 is 10.0 Å². The number of benzene rings is 1. The van der Waals surface area contributed by atoms with Crippen LogP contribution in [0.4, 0.5) is 0 Å². The van der Waals surface area contributed by atoms with E-state index < -0.39 is 10.0 Å². The minimum atomic E-state index is -3.45. The number of nitrogens with one attached hydrogen (secondary N) is 1. The maximum atomic E-state index is 12.4. The van der Waals surface area contributed by atoms with Crippen LogP contribution in [0.1, 0.15) is 43.7 Å². The van der Waals surface area contributed by atoms with Gasteiger partial charge in [-0.15, -0.1) is 0 Å². The van der Waals surface area contributed by atoms with Gasteiger partial charge < -0.3 is 5.73 Å². The normalized spacial score (nSPS) is 18.1. The molecule has 0 atom stereocenters. The summed E-state index contributed by atoms with van der Waals surface area (Å²) in [6.45, 7) is 4.32. The van der Waals surface area contributed by atoms with Gasteiger partial charge in [-0.2, -0.15) is 0 Å². The highest BCUT2D eigenvalue weighted by atomic mass is 32.2. The van der Waals surface area contributed by atoms with E-state index in [0.717, 1.165) is 36.8 Å². The van der Waals surface area contributed by atoms with Crippen molar-refractivity contribution in [2.45, 2.75) is 56.5 Å². The van der Waals surface area contributed by atoms with Crippen LogP contribution >= 0.6 is 0 Å². The molecule has 1 fully saturated rings. The van der Waals surface area contributed by atoms with Gasteiger partial charge in [0.25, 0.3) is 0 Å². The van der Waals surface area contributed by atoms with E-state index in [0.29, 0.717) is 11.4 Å². The summed E-state index contributed by atoms with van der Waals surface area (Å²) < 4.78 is 27.7.